The van der Waals surface area contributed by atoms with Crippen molar-refractivity contribution in [1.82, 2.24) is 15.3 Å². The van der Waals surface area contributed by atoms with Crippen LogP contribution in [0, 0.1) is 5.92 Å². The zero-order chi connectivity index (χ0) is 36.7. The number of allylic oxidation sites excluding steroid dienone is 2. The molecule has 2 aliphatic rings. The third-order valence-corrected chi connectivity index (χ3v) is 8.53. The predicted molar refractivity (Wildman–Crippen MR) is 181 cm³/mol. The smallest absolute Gasteiger partial charge is 0.429 e. The summed E-state index contributed by atoms with van der Waals surface area (Å²) in [6.45, 7) is -0.0138. The van der Waals surface area contributed by atoms with Crippen LogP contribution in [0.3, 0.4) is 0 Å². The van der Waals surface area contributed by atoms with Crippen molar-refractivity contribution in [3.05, 3.63) is 88.1 Å². The normalized spacial score (nSPS) is 17.4. The molecule has 0 fully saturated rings. The number of hydrogen-bond acceptors (Lipinski definition) is 10. The SMILES string of the molecule is Nc1nc(O[C@H](c2ccc(Cl)cc2C2=CCCOC2)C(F)(F)F)cc(C2=CCC(C[C@H](N)C(=O)Oc3ccccc3C(=O)NCC(=O)O)CC2)n1. The fourth-order valence-electron chi connectivity index (χ4n) is 5.84. The van der Waals surface area contributed by atoms with Crippen molar-refractivity contribution >= 4 is 46.5 Å². The summed E-state index contributed by atoms with van der Waals surface area (Å²) in [7, 11) is 0. The summed E-state index contributed by atoms with van der Waals surface area (Å²) in [5, 5.41) is 11.3. The van der Waals surface area contributed by atoms with Gasteiger partial charge in [0.2, 0.25) is 17.9 Å². The zero-order valence-electron chi connectivity index (χ0n) is 27.1. The van der Waals surface area contributed by atoms with E-state index in [-0.39, 0.29) is 58.2 Å². The first-order chi connectivity index (χ1) is 24.3. The van der Waals surface area contributed by atoms with Gasteiger partial charge in [0.1, 0.15) is 18.3 Å². The molecule has 0 radical (unpaired) electrons. The van der Waals surface area contributed by atoms with E-state index >= 15 is 0 Å². The van der Waals surface area contributed by atoms with Crippen molar-refractivity contribution in [2.75, 3.05) is 25.5 Å². The molecule has 12 nitrogen and oxygen atoms in total. The van der Waals surface area contributed by atoms with Crippen LogP contribution >= 0.6 is 11.6 Å². The number of para-hydroxylation sites is 1. The first-order valence-corrected chi connectivity index (χ1v) is 16.4. The second-order valence-corrected chi connectivity index (χ2v) is 12.4. The topological polar surface area (TPSA) is 189 Å². The maximum Gasteiger partial charge on any atom is 0.429 e. The number of halogens is 4. The van der Waals surface area contributed by atoms with Crippen LogP contribution in [0.4, 0.5) is 19.1 Å². The molecule has 3 aromatic rings. The fraction of sp³-hybridized carbons (Fsp3) is 0.343. The van der Waals surface area contributed by atoms with Crippen LogP contribution in [0.25, 0.3) is 11.1 Å². The Hall–Kier alpha value is -4.99. The monoisotopic (exact) mass is 729 g/mol. The second-order valence-electron chi connectivity index (χ2n) is 12.0. The molecule has 1 aliphatic heterocycles. The number of carbonyl (C=O) groups excluding carboxylic acids is 2. The Labute approximate surface area is 295 Å². The van der Waals surface area contributed by atoms with Gasteiger partial charge >= 0.3 is 18.1 Å². The molecule has 270 valence electrons. The summed E-state index contributed by atoms with van der Waals surface area (Å²) in [5.74, 6) is -3.48. The summed E-state index contributed by atoms with van der Waals surface area (Å²) < 4.78 is 60.1. The van der Waals surface area contributed by atoms with Crippen LogP contribution in [-0.4, -0.2) is 64.9 Å². The first-order valence-electron chi connectivity index (χ1n) is 16.0. The van der Waals surface area contributed by atoms with Crippen molar-refractivity contribution in [2.45, 2.75) is 50.4 Å². The maximum atomic E-state index is 14.6. The quantitative estimate of drug-likeness (QED) is 0.136. The Kier molecular flexibility index (Phi) is 12.0. The number of carbonyl (C=O) groups is 3. The van der Waals surface area contributed by atoms with Crippen LogP contribution in [0.15, 0.2) is 60.7 Å². The van der Waals surface area contributed by atoms with Gasteiger partial charge in [0.25, 0.3) is 5.91 Å². The predicted octanol–water partition coefficient (Wildman–Crippen LogP) is 5.52. The Morgan fingerprint density at radius 2 is 1.88 bits per heavy atom. The first kappa shape index (κ1) is 37.3. The number of nitrogens with one attached hydrogen (secondary N) is 1. The zero-order valence-corrected chi connectivity index (χ0v) is 27.9. The number of amides is 1. The highest BCUT2D eigenvalue weighted by Crippen LogP contribution is 2.41. The number of benzene rings is 2. The van der Waals surface area contributed by atoms with Crippen molar-refractivity contribution in [1.29, 1.82) is 0 Å². The number of ether oxygens (including phenoxy) is 3. The largest absolute Gasteiger partial charge is 0.480 e. The van der Waals surface area contributed by atoms with Gasteiger partial charge in [-0.25, -0.2) is 9.78 Å². The highest BCUT2D eigenvalue weighted by molar-refractivity contribution is 6.30. The van der Waals surface area contributed by atoms with E-state index in [1.165, 1.54) is 42.5 Å². The molecular formula is C35H35ClF3N5O7. The molecule has 0 bridgehead atoms. The number of rotatable bonds is 12. The van der Waals surface area contributed by atoms with Crippen molar-refractivity contribution in [3.8, 4) is 11.6 Å². The highest BCUT2D eigenvalue weighted by atomic mass is 35.5. The molecule has 1 aliphatic carbocycles. The minimum atomic E-state index is -4.83. The van der Waals surface area contributed by atoms with Gasteiger partial charge in [-0.2, -0.15) is 18.2 Å². The maximum absolute atomic E-state index is 14.6. The molecule has 0 saturated carbocycles. The van der Waals surface area contributed by atoms with Gasteiger partial charge in [-0.05, 0) is 79.0 Å². The molecule has 0 saturated heterocycles. The number of hydrogen-bond donors (Lipinski definition) is 4. The molecule has 2 heterocycles. The van der Waals surface area contributed by atoms with E-state index in [1.807, 2.05) is 12.2 Å². The molecule has 1 unspecified atom stereocenters. The minimum Gasteiger partial charge on any atom is -0.480 e. The molecule has 16 heteroatoms. The van der Waals surface area contributed by atoms with Gasteiger partial charge in [-0.1, -0.05) is 42.0 Å². The standard InChI is InChI=1S/C35H35ClF3N5O7/c36-22-11-12-23(25(15-22)21-4-3-13-49-18-21)31(35(37,38)39)51-29-16-27(43-34(41)44-29)20-9-7-19(8-10-20)14-26(40)33(48)50-28-6-2-1-5-24(28)32(47)42-17-30(45)46/h1-2,4-6,9,11-12,15-16,19,26,31H,3,7-8,10,13-14,17-18,40H2,(H,42,47)(H,45,46)(H2,41,43,44)/t19?,26-,31+/m0/s1. The van der Waals surface area contributed by atoms with Gasteiger partial charge in [0, 0.05) is 16.7 Å². The Morgan fingerprint density at radius 1 is 1.10 bits per heavy atom. The lowest BCUT2D eigenvalue weighted by Gasteiger charge is -2.26. The molecular weight excluding hydrogens is 695 g/mol. The lowest BCUT2D eigenvalue weighted by atomic mass is 9.84. The molecule has 1 aromatic heterocycles. The molecule has 6 N–H and O–H groups in total. The Bertz CT molecular complexity index is 1850. The summed E-state index contributed by atoms with van der Waals surface area (Å²) in [6, 6.07) is 10.2. The second kappa shape index (κ2) is 16.4. The van der Waals surface area contributed by atoms with Crippen LogP contribution in [0.2, 0.25) is 5.02 Å². The lowest BCUT2D eigenvalue weighted by Crippen LogP contribution is -2.37. The molecule has 5 rings (SSSR count). The summed E-state index contributed by atoms with van der Waals surface area (Å²) in [5.41, 5.74) is 13.8. The van der Waals surface area contributed by atoms with Gasteiger partial charge in [-0.15, -0.1) is 0 Å². The number of nitrogens with zero attached hydrogens (tertiary/aromatic N) is 2. The molecule has 51 heavy (non-hydrogen) atoms. The third kappa shape index (κ3) is 9.84. The number of nitrogen functional groups attached to an aromatic ring is 1. The van der Waals surface area contributed by atoms with Crippen LogP contribution in [-0.2, 0) is 14.3 Å². The summed E-state index contributed by atoms with van der Waals surface area (Å²) >= 11 is 6.17. The number of nitrogens with two attached hydrogens (primary N) is 2. The Morgan fingerprint density at radius 3 is 2.57 bits per heavy atom. The van der Waals surface area contributed by atoms with E-state index in [4.69, 9.17) is 42.4 Å². The van der Waals surface area contributed by atoms with E-state index in [0.29, 0.717) is 49.1 Å². The molecule has 3 atom stereocenters. The van der Waals surface area contributed by atoms with E-state index in [2.05, 4.69) is 15.3 Å². The average molecular weight is 730 g/mol. The number of esters is 1. The number of carboxylic acid groups (broad SMARTS) is 1. The molecule has 0 spiro atoms. The summed E-state index contributed by atoms with van der Waals surface area (Å²) in [4.78, 5) is 44.2. The third-order valence-electron chi connectivity index (χ3n) is 8.29. The van der Waals surface area contributed by atoms with Gasteiger partial charge in [0.05, 0.1) is 24.5 Å². The van der Waals surface area contributed by atoms with Gasteiger partial charge in [0.15, 0.2) is 0 Å². The van der Waals surface area contributed by atoms with Crippen molar-refractivity contribution in [3.63, 3.8) is 0 Å². The number of aliphatic carboxylic acids is 1. The van der Waals surface area contributed by atoms with E-state index in [0.717, 1.165) is 0 Å². The van der Waals surface area contributed by atoms with Gasteiger partial charge < -0.3 is 36.1 Å². The van der Waals surface area contributed by atoms with Crippen molar-refractivity contribution < 1.29 is 46.9 Å². The highest BCUT2D eigenvalue weighted by Gasteiger charge is 2.45. The van der Waals surface area contributed by atoms with Crippen LogP contribution in [0.1, 0.15) is 65.4 Å². The number of alkyl halides is 3. The van der Waals surface area contributed by atoms with E-state index in [1.54, 1.807) is 6.07 Å². The van der Waals surface area contributed by atoms with Gasteiger partial charge in [-0.3, -0.25) is 9.59 Å². The molecule has 2 aromatic carbocycles. The van der Waals surface area contributed by atoms with Crippen molar-refractivity contribution in [2.24, 2.45) is 11.7 Å². The minimum absolute atomic E-state index is 0.0246. The average Bonchev–Trinajstić information content (AvgIpc) is 3.10. The Balaban J connectivity index is 1.26. The summed E-state index contributed by atoms with van der Waals surface area (Å²) in [6.07, 6.45) is -1.27. The molecule has 1 amide bonds. The fourth-order valence-corrected chi connectivity index (χ4v) is 6.02. The number of aromatic nitrogens is 2. The number of anilines is 1. The van der Waals surface area contributed by atoms with E-state index < -0.39 is 42.7 Å². The van der Waals surface area contributed by atoms with Crippen LogP contribution in [0.5, 0.6) is 11.6 Å². The number of carboxylic acids is 1. The lowest BCUT2D eigenvalue weighted by molar-refractivity contribution is -0.198. The van der Waals surface area contributed by atoms with E-state index in [9.17, 15) is 27.6 Å². The van der Waals surface area contributed by atoms with Crippen LogP contribution < -0.4 is 26.3 Å².